The van der Waals surface area contributed by atoms with Gasteiger partial charge >= 0.3 is 0 Å². The Bertz CT molecular complexity index is 3030. The van der Waals surface area contributed by atoms with E-state index in [-0.39, 0.29) is 16.2 Å². The van der Waals surface area contributed by atoms with Crippen molar-refractivity contribution in [3.05, 3.63) is 234 Å². The molecule has 3 aliphatic rings. The monoisotopic (exact) mass is 850 g/mol. The predicted octanol–water partition coefficient (Wildman–Crippen LogP) is 14.7. The maximum atomic E-state index is 2.63. The fourth-order valence-corrected chi connectivity index (χ4v) is 15.6. The molecule has 12 rings (SSSR count). The number of benzene rings is 9. The van der Waals surface area contributed by atoms with Crippen molar-refractivity contribution in [3.63, 3.8) is 0 Å². The molecule has 0 bridgehead atoms. The normalized spacial score (nSPS) is 15.4. The van der Waals surface area contributed by atoms with Crippen LogP contribution in [0.5, 0.6) is 0 Å². The summed E-state index contributed by atoms with van der Waals surface area (Å²) in [7, 11) is -2.69. The van der Waals surface area contributed by atoms with E-state index in [2.05, 4.69) is 248 Å². The van der Waals surface area contributed by atoms with Gasteiger partial charge in [0.2, 0.25) is 0 Å². The summed E-state index contributed by atoms with van der Waals surface area (Å²) in [5.74, 6) is 0. The molecule has 9 aromatic rings. The average molecular weight is 851 g/mol. The SMILES string of the molecule is CC1(C)c2cc(-c3ccccc3)ccc2-c2ccc([Si](C)(c3ccc4c(c3)C(C)(C)c3cc(-c5ccccc5)ccc3-4)c3ccc4c(c3)C(C)(C)c3cc(-c5ccccc5)ccc3-4)cc21. The molecule has 0 nitrogen and oxygen atoms in total. The van der Waals surface area contributed by atoms with Crippen molar-refractivity contribution in [2.75, 3.05) is 0 Å². The molecule has 3 aliphatic carbocycles. The molecular weight excluding hydrogens is 797 g/mol. The highest BCUT2D eigenvalue weighted by atomic mass is 28.3. The lowest BCUT2D eigenvalue weighted by Crippen LogP contribution is -2.65. The van der Waals surface area contributed by atoms with E-state index in [1.165, 1.54) is 116 Å². The second kappa shape index (κ2) is 14.1. The summed E-state index contributed by atoms with van der Waals surface area (Å²) in [6.45, 7) is 17.3. The van der Waals surface area contributed by atoms with Crippen molar-refractivity contribution in [1.29, 1.82) is 0 Å². The molecule has 0 amide bonds. The molecule has 1 heteroatoms. The van der Waals surface area contributed by atoms with Gasteiger partial charge in [-0.15, -0.1) is 0 Å². The Hall–Kier alpha value is -6.80. The van der Waals surface area contributed by atoms with Crippen molar-refractivity contribution < 1.29 is 0 Å². The van der Waals surface area contributed by atoms with Crippen LogP contribution < -0.4 is 15.6 Å². The molecule has 0 radical (unpaired) electrons. The quantitative estimate of drug-likeness (QED) is 0.115. The predicted molar refractivity (Wildman–Crippen MR) is 279 cm³/mol. The average Bonchev–Trinajstić information content (AvgIpc) is 3.82. The lowest BCUT2D eigenvalue weighted by molar-refractivity contribution is 0.661. The molecule has 0 saturated heterocycles. The largest absolute Gasteiger partial charge is 0.145 e. The van der Waals surface area contributed by atoms with E-state index in [0.717, 1.165) is 0 Å². The Morgan fingerprint density at radius 1 is 0.246 bits per heavy atom. The van der Waals surface area contributed by atoms with E-state index < -0.39 is 8.07 Å². The summed E-state index contributed by atoms with van der Waals surface area (Å²) in [5, 5.41) is 4.37. The summed E-state index contributed by atoms with van der Waals surface area (Å²) in [6, 6.07) is 76.7. The van der Waals surface area contributed by atoms with Crippen LogP contribution in [0.3, 0.4) is 0 Å². The van der Waals surface area contributed by atoms with Crippen molar-refractivity contribution in [2.45, 2.75) is 64.3 Å². The van der Waals surface area contributed by atoms with Crippen molar-refractivity contribution in [3.8, 4) is 66.8 Å². The fourth-order valence-electron chi connectivity index (χ4n) is 12.1. The van der Waals surface area contributed by atoms with E-state index in [1.54, 1.807) is 0 Å². The molecule has 0 saturated carbocycles. The van der Waals surface area contributed by atoms with Crippen LogP contribution in [-0.2, 0) is 16.2 Å². The van der Waals surface area contributed by atoms with Gasteiger partial charge in [-0.2, -0.15) is 0 Å². The number of hydrogen-bond acceptors (Lipinski definition) is 0. The van der Waals surface area contributed by atoms with Gasteiger partial charge in [0.05, 0.1) is 0 Å². The molecule has 9 aromatic carbocycles. The molecule has 65 heavy (non-hydrogen) atoms. The van der Waals surface area contributed by atoms with Crippen LogP contribution in [0.4, 0.5) is 0 Å². The fraction of sp³-hybridized carbons (Fsp3) is 0.156. The van der Waals surface area contributed by atoms with E-state index in [9.17, 15) is 0 Å². The first kappa shape index (κ1) is 39.8. The first-order valence-corrected chi connectivity index (χ1v) is 25.9. The maximum Gasteiger partial charge on any atom is 0.145 e. The van der Waals surface area contributed by atoms with Crippen LogP contribution >= 0.6 is 0 Å². The van der Waals surface area contributed by atoms with E-state index in [0.29, 0.717) is 0 Å². The Morgan fingerprint density at radius 3 is 0.738 bits per heavy atom. The highest BCUT2D eigenvalue weighted by molar-refractivity contribution is 7.10. The minimum Gasteiger partial charge on any atom is -0.0622 e. The van der Waals surface area contributed by atoms with Crippen LogP contribution in [0.25, 0.3) is 66.8 Å². The Kier molecular flexibility index (Phi) is 8.62. The third-order valence-corrected chi connectivity index (χ3v) is 20.5. The minimum absolute atomic E-state index is 0.156. The van der Waals surface area contributed by atoms with Crippen LogP contribution in [0, 0.1) is 0 Å². The summed E-state index contributed by atoms with van der Waals surface area (Å²) in [6.07, 6.45) is 0. The van der Waals surface area contributed by atoms with Gasteiger partial charge in [-0.3, -0.25) is 0 Å². The Morgan fingerprint density at radius 2 is 0.477 bits per heavy atom. The summed E-state index contributed by atoms with van der Waals surface area (Å²) >= 11 is 0. The van der Waals surface area contributed by atoms with Crippen molar-refractivity contribution in [2.24, 2.45) is 0 Å². The second-order valence-corrected chi connectivity index (χ2v) is 24.6. The van der Waals surface area contributed by atoms with E-state index in [4.69, 9.17) is 0 Å². The second-order valence-electron chi connectivity index (χ2n) is 20.7. The molecule has 314 valence electrons. The minimum atomic E-state index is -2.69. The lowest BCUT2D eigenvalue weighted by Gasteiger charge is -2.34. The standard InChI is InChI=1S/C64H54Si/c1-62(2)56-35-44(41-17-11-8-12-18-41)23-29-50(56)53-32-26-47(38-59(53)62)65(7,48-27-33-54-51-30-24-45(42-19-13-9-14-20-42)36-57(51)63(3,4)60(54)39-48)49-28-34-55-52-31-25-46(43-21-15-10-16-22-43)37-58(52)64(5,6)61(55)40-49/h8-40H,1-7H3. The van der Waals surface area contributed by atoms with Crippen molar-refractivity contribution in [1.82, 2.24) is 0 Å². The molecule has 0 atom stereocenters. The van der Waals surface area contributed by atoms with Crippen LogP contribution in [0.1, 0.15) is 74.9 Å². The third kappa shape index (κ3) is 5.81. The molecule has 0 fully saturated rings. The highest BCUT2D eigenvalue weighted by Crippen LogP contribution is 2.52. The molecule has 0 heterocycles. The van der Waals surface area contributed by atoms with Gasteiger partial charge in [0, 0.05) is 16.2 Å². The number of fused-ring (bicyclic) bond motifs is 9. The van der Waals surface area contributed by atoms with Crippen LogP contribution in [0.15, 0.2) is 200 Å². The first-order valence-electron chi connectivity index (χ1n) is 23.4. The maximum absolute atomic E-state index is 2.69. The molecule has 0 unspecified atom stereocenters. The lowest BCUT2D eigenvalue weighted by atomic mass is 9.81. The molecule has 0 N–H and O–H groups in total. The molecule has 0 aromatic heterocycles. The van der Waals surface area contributed by atoms with Gasteiger partial charge < -0.3 is 0 Å². The van der Waals surface area contributed by atoms with E-state index in [1.807, 2.05) is 0 Å². The van der Waals surface area contributed by atoms with Crippen molar-refractivity contribution >= 4 is 23.6 Å². The zero-order valence-corrected chi connectivity index (χ0v) is 39.6. The number of hydrogen-bond donors (Lipinski definition) is 0. The zero-order valence-electron chi connectivity index (χ0n) is 38.6. The topological polar surface area (TPSA) is 0 Å². The van der Waals surface area contributed by atoms with Gasteiger partial charge in [0.25, 0.3) is 0 Å². The summed E-state index contributed by atoms with van der Waals surface area (Å²) < 4.78 is 0. The Balaban J connectivity index is 1.02. The highest BCUT2D eigenvalue weighted by Gasteiger charge is 2.44. The third-order valence-electron chi connectivity index (χ3n) is 16.1. The molecular formula is C64H54Si. The van der Waals surface area contributed by atoms with Gasteiger partial charge in [-0.25, -0.2) is 0 Å². The van der Waals surface area contributed by atoms with Gasteiger partial charge in [-0.1, -0.05) is 230 Å². The van der Waals surface area contributed by atoms with Crippen LogP contribution in [0.2, 0.25) is 6.55 Å². The van der Waals surface area contributed by atoms with Crippen LogP contribution in [-0.4, -0.2) is 8.07 Å². The van der Waals surface area contributed by atoms with Gasteiger partial charge in [0.15, 0.2) is 0 Å². The Labute approximate surface area is 386 Å². The summed E-state index contributed by atoms with van der Waals surface area (Å²) in [4.78, 5) is 0. The smallest absolute Gasteiger partial charge is 0.0622 e. The first-order chi connectivity index (χ1) is 31.3. The van der Waals surface area contributed by atoms with E-state index >= 15 is 0 Å². The van der Waals surface area contributed by atoms with Gasteiger partial charge in [0.1, 0.15) is 8.07 Å². The number of rotatable bonds is 6. The molecule has 0 aliphatic heterocycles. The summed E-state index contributed by atoms with van der Waals surface area (Å²) in [5.41, 5.74) is 23.8. The van der Waals surface area contributed by atoms with Gasteiger partial charge in [-0.05, 0) is 134 Å². The molecule has 0 spiro atoms. The zero-order chi connectivity index (χ0) is 44.5.